The fourth-order valence-corrected chi connectivity index (χ4v) is 1.95. The van der Waals surface area contributed by atoms with Gasteiger partial charge in [0.2, 0.25) is 0 Å². The summed E-state index contributed by atoms with van der Waals surface area (Å²) >= 11 is 0. The second kappa shape index (κ2) is 4.57. The zero-order chi connectivity index (χ0) is 13.2. The first kappa shape index (κ1) is 11.5. The molecule has 0 aliphatic carbocycles. The Morgan fingerprint density at radius 2 is 2.21 bits per heavy atom. The highest BCUT2D eigenvalue weighted by atomic mass is 16.3. The van der Waals surface area contributed by atoms with Crippen molar-refractivity contribution in [2.75, 3.05) is 0 Å². The van der Waals surface area contributed by atoms with Crippen LogP contribution in [0.4, 0.5) is 0 Å². The third kappa shape index (κ3) is 2.08. The molecule has 0 aliphatic rings. The predicted molar refractivity (Wildman–Crippen MR) is 72.9 cm³/mol. The van der Waals surface area contributed by atoms with E-state index >= 15 is 0 Å². The van der Waals surface area contributed by atoms with Crippen LogP contribution in [-0.2, 0) is 0 Å². The lowest BCUT2D eigenvalue weighted by Gasteiger charge is -1.92. The quantitative estimate of drug-likeness (QED) is 0.574. The van der Waals surface area contributed by atoms with Crippen LogP contribution in [0.3, 0.4) is 0 Å². The molecule has 3 aromatic rings. The van der Waals surface area contributed by atoms with Crippen molar-refractivity contribution in [3.8, 4) is 0 Å². The normalized spacial score (nSPS) is 11.4. The molecular weight excluding hydrogens is 240 g/mol. The average molecular weight is 252 g/mol. The van der Waals surface area contributed by atoms with Crippen molar-refractivity contribution in [1.82, 2.24) is 9.97 Å². The fraction of sp³-hybridized carbons (Fsp3) is 0.0667. The second-order valence-corrected chi connectivity index (χ2v) is 4.26. The number of nitrogens with zero attached hydrogens (tertiary/aromatic N) is 1. The van der Waals surface area contributed by atoms with E-state index in [1.807, 2.05) is 31.2 Å². The molecule has 0 fully saturated rings. The minimum Gasteiger partial charge on any atom is -0.464 e. The molecule has 0 saturated carbocycles. The van der Waals surface area contributed by atoms with E-state index in [-0.39, 0.29) is 5.78 Å². The number of hydrogen-bond donors (Lipinski definition) is 1. The van der Waals surface area contributed by atoms with Crippen LogP contribution in [0.25, 0.3) is 17.0 Å². The van der Waals surface area contributed by atoms with E-state index in [9.17, 15) is 4.79 Å². The van der Waals surface area contributed by atoms with E-state index < -0.39 is 0 Å². The largest absolute Gasteiger partial charge is 0.464 e. The monoisotopic (exact) mass is 252 g/mol. The molecule has 2 aromatic heterocycles. The Morgan fingerprint density at radius 1 is 1.37 bits per heavy atom. The van der Waals surface area contributed by atoms with Crippen LogP contribution in [0.2, 0.25) is 0 Å². The van der Waals surface area contributed by atoms with Crippen molar-refractivity contribution >= 4 is 22.8 Å². The first-order valence-electron chi connectivity index (χ1n) is 5.94. The highest BCUT2D eigenvalue weighted by Gasteiger charge is 2.10. The highest BCUT2D eigenvalue weighted by Crippen LogP contribution is 2.21. The number of nitrogens with one attached hydrogen (secondary N) is 1. The minimum atomic E-state index is -0.0904. The van der Waals surface area contributed by atoms with Crippen LogP contribution in [0.1, 0.15) is 21.7 Å². The molecule has 0 radical (unpaired) electrons. The summed E-state index contributed by atoms with van der Waals surface area (Å²) in [5.41, 5.74) is 2.98. The van der Waals surface area contributed by atoms with Gasteiger partial charge >= 0.3 is 0 Å². The van der Waals surface area contributed by atoms with Crippen molar-refractivity contribution in [3.63, 3.8) is 0 Å². The lowest BCUT2D eigenvalue weighted by Crippen LogP contribution is -1.92. The van der Waals surface area contributed by atoms with Crippen LogP contribution in [0.5, 0.6) is 0 Å². The molecule has 19 heavy (non-hydrogen) atoms. The number of carbonyl (C=O) groups excluding carboxylic acids is 1. The first-order chi connectivity index (χ1) is 9.25. The molecule has 0 amide bonds. The number of para-hydroxylation sites is 1. The summed E-state index contributed by atoms with van der Waals surface area (Å²) < 4.78 is 5.35. The summed E-state index contributed by atoms with van der Waals surface area (Å²) in [6.45, 7) is 1.91. The molecule has 0 aliphatic heterocycles. The number of carbonyl (C=O) groups is 1. The molecule has 1 N–H and O–H groups in total. The van der Waals surface area contributed by atoms with Crippen LogP contribution in [0, 0.1) is 6.92 Å². The van der Waals surface area contributed by atoms with Gasteiger partial charge in [-0.25, -0.2) is 4.98 Å². The average Bonchev–Trinajstić information content (AvgIpc) is 3.02. The number of H-pyrrole nitrogens is 1. The Balaban J connectivity index is 1.92. The second-order valence-electron chi connectivity index (χ2n) is 4.26. The number of imidazole rings is 1. The molecule has 0 spiro atoms. The van der Waals surface area contributed by atoms with Gasteiger partial charge in [-0.15, -0.1) is 0 Å². The van der Waals surface area contributed by atoms with E-state index in [2.05, 4.69) is 9.97 Å². The SMILES string of the molecule is Cc1[nH]cnc1/C=C/C(=O)c1coc2ccccc12. The molecule has 1 aromatic carbocycles. The summed E-state index contributed by atoms with van der Waals surface area (Å²) in [4.78, 5) is 19.2. The van der Waals surface area contributed by atoms with E-state index in [1.165, 1.54) is 12.3 Å². The number of hydrogen-bond acceptors (Lipinski definition) is 3. The zero-order valence-corrected chi connectivity index (χ0v) is 10.4. The smallest absolute Gasteiger partial charge is 0.189 e. The van der Waals surface area contributed by atoms with Crippen molar-refractivity contribution in [2.45, 2.75) is 6.92 Å². The number of allylic oxidation sites excluding steroid dienone is 1. The molecule has 3 rings (SSSR count). The van der Waals surface area contributed by atoms with Crippen LogP contribution < -0.4 is 0 Å². The topological polar surface area (TPSA) is 58.9 Å². The predicted octanol–water partition coefficient (Wildman–Crippen LogP) is 3.36. The van der Waals surface area contributed by atoms with Crippen molar-refractivity contribution < 1.29 is 9.21 Å². The number of rotatable bonds is 3. The van der Waals surface area contributed by atoms with E-state index in [0.717, 1.165) is 22.4 Å². The Kier molecular flexibility index (Phi) is 2.76. The van der Waals surface area contributed by atoms with E-state index in [4.69, 9.17) is 4.42 Å². The fourth-order valence-electron chi connectivity index (χ4n) is 1.95. The number of furan rings is 1. The number of ketones is 1. The minimum absolute atomic E-state index is 0.0904. The Morgan fingerprint density at radius 3 is 3.00 bits per heavy atom. The van der Waals surface area contributed by atoms with Gasteiger partial charge in [-0.3, -0.25) is 4.79 Å². The van der Waals surface area contributed by atoms with Gasteiger partial charge in [-0.05, 0) is 25.1 Å². The van der Waals surface area contributed by atoms with Gasteiger partial charge in [0, 0.05) is 11.1 Å². The van der Waals surface area contributed by atoms with Crippen molar-refractivity contribution in [3.05, 3.63) is 59.9 Å². The van der Waals surface area contributed by atoms with Crippen molar-refractivity contribution in [2.24, 2.45) is 0 Å². The zero-order valence-electron chi connectivity index (χ0n) is 10.4. The third-order valence-electron chi connectivity index (χ3n) is 3.01. The lowest BCUT2D eigenvalue weighted by molar-refractivity contribution is 0.104. The Hall–Kier alpha value is -2.62. The number of fused-ring (bicyclic) bond motifs is 1. The molecular formula is C15H12N2O2. The summed E-state index contributed by atoms with van der Waals surface area (Å²) in [7, 11) is 0. The summed E-state index contributed by atoms with van der Waals surface area (Å²) in [6, 6.07) is 7.48. The maximum Gasteiger partial charge on any atom is 0.189 e. The van der Waals surface area contributed by atoms with Gasteiger partial charge in [-0.1, -0.05) is 18.2 Å². The third-order valence-corrected chi connectivity index (χ3v) is 3.01. The van der Waals surface area contributed by atoms with Gasteiger partial charge in [0.25, 0.3) is 0 Å². The van der Waals surface area contributed by atoms with Crippen LogP contribution >= 0.6 is 0 Å². The van der Waals surface area contributed by atoms with E-state index in [0.29, 0.717) is 5.56 Å². The van der Waals surface area contributed by atoms with Gasteiger partial charge in [0.15, 0.2) is 5.78 Å². The molecule has 2 heterocycles. The van der Waals surface area contributed by atoms with Gasteiger partial charge in [0.1, 0.15) is 11.8 Å². The molecule has 0 atom stereocenters. The standard InChI is InChI=1S/C15H12N2O2/c1-10-13(17-9-16-10)6-7-14(18)12-8-19-15-5-3-2-4-11(12)15/h2-9H,1H3,(H,16,17)/b7-6+. The summed E-state index contributed by atoms with van der Waals surface area (Å²) in [6.07, 6.45) is 6.32. The Labute approximate surface area is 109 Å². The molecule has 4 nitrogen and oxygen atoms in total. The molecule has 0 saturated heterocycles. The van der Waals surface area contributed by atoms with Gasteiger partial charge < -0.3 is 9.40 Å². The molecule has 94 valence electrons. The van der Waals surface area contributed by atoms with Crippen molar-refractivity contribution in [1.29, 1.82) is 0 Å². The summed E-state index contributed by atoms with van der Waals surface area (Å²) in [5, 5.41) is 0.830. The van der Waals surface area contributed by atoms with E-state index in [1.54, 1.807) is 12.4 Å². The molecule has 0 bridgehead atoms. The number of aryl methyl sites for hydroxylation is 1. The molecule has 0 unspecified atom stereocenters. The summed E-state index contributed by atoms with van der Waals surface area (Å²) in [5.74, 6) is -0.0904. The van der Waals surface area contributed by atoms with Crippen LogP contribution in [-0.4, -0.2) is 15.8 Å². The number of benzene rings is 1. The maximum absolute atomic E-state index is 12.1. The number of aromatic amines is 1. The van der Waals surface area contributed by atoms with Crippen LogP contribution in [0.15, 0.2) is 47.3 Å². The first-order valence-corrected chi connectivity index (χ1v) is 5.94. The van der Waals surface area contributed by atoms with Gasteiger partial charge in [0.05, 0.1) is 17.6 Å². The maximum atomic E-state index is 12.1. The molecule has 4 heteroatoms. The lowest BCUT2D eigenvalue weighted by atomic mass is 10.1. The highest BCUT2D eigenvalue weighted by molar-refractivity contribution is 6.14. The number of aromatic nitrogens is 2. The van der Waals surface area contributed by atoms with Gasteiger partial charge in [-0.2, -0.15) is 0 Å². The Bertz CT molecular complexity index is 765.